The first-order valence-electron chi connectivity index (χ1n) is 9.96. The van der Waals surface area contributed by atoms with Crippen LogP contribution in [0.4, 0.5) is 17.6 Å². The molecule has 0 atom stereocenters. The van der Waals surface area contributed by atoms with Crippen LogP contribution in [0.2, 0.25) is 0 Å². The van der Waals surface area contributed by atoms with Crippen LogP contribution in [0.5, 0.6) is 0 Å². The number of hydrogen-bond acceptors (Lipinski definition) is 3. The van der Waals surface area contributed by atoms with Gasteiger partial charge < -0.3 is 5.32 Å². The second kappa shape index (κ2) is 7.89. The molecule has 1 aromatic heterocycles. The maximum Gasteiger partial charge on any atom is 0.416 e. The Morgan fingerprint density at radius 2 is 1.78 bits per heavy atom. The van der Waals surface area contributed by atoms with Gasteiger partial charge in [0.2, 0.25) is 5.43 Å². The van der Waals surface area contributed by atoms with E-state index in [1.165, 1.54) is 31.2 Å². The quantitative estimate of drug-likeness (QED) is 0.601. The summed E-state index contributed by atoms with van der Waals surface area (Å²) in [6, 6.07) is 11.4. The van der Waals surface area contributed by atoms with Crippen molar-refractivity contribution in [3.63, 3.8) is 0 Å². The van der Waals surface area contributed by atoms with E-state index < -0.39 is 40.1 Å². The summed E-state index contributed by atoms with van der Waals surface area (Å²) in [5, 5.41) is 6.92. The highest BCUT2D eigenvalue weighted by Gasteiger charge is 2.41. The first kappa shape index (κ1) is 21.7. The van der Waals surface area contributed by atoms with Crippen molar-refractivity contribution in [3.8, 4) is 5.69 Å². The van der Waals surface area contributed by atoms with Gasteiger partial charge in [-0.3, -0.25) is 9.59 Å². The summed E-state index contributed by atoms with van der Waals surface area (Å²) in [5.41, 5.74) is -1.62. The lowest BCUT2D eigenvalue weighted by molar-refractivity contribution is -0.137. The summed E-state index contributed by atoms with van der Waals surface area (Å²) in [5.74, 6) is -1.14. The Balaban J connectivity index is 1.70. The van der Waals surface area contributed by atoms with Gasteiger partial charge >= 0.3 is 6.18 Å². The zero-order valence-corrected chi connectivity index (χ0v) is 17.0. The first-order chi connectivity index (χ1) is 15.1. The van der Waals surface area contributed by atoms with Gasteiger partial charge in [0.05, 0.1) is 16.8 Å². The Morgan fingerprint density at radius 1 is 1.09 bits per heavy atom. The molecule has 0 bridgehead atoms. The van der Waals surface area contributed by atoms with E-state index in [-0.39, 0.29) is 11.4 Å². The van der Waals surface area contributed by atoms with E-state index in [9.17, 15) is 27.2 Å². The van der Waals surface area contributed by atoms with Crippen LogP contribution in [-0.4, -0.2) is 15.7 Å². The molecule has 5 nitrogen and oxygen atoms in total. The average molecular weight is 445 g/mol. The van der Waals surface area contributed by atoms with Crippen LogP contribution in [0, 0.1) is 12.7 Å². The molecule has 0 aliphatic heterocycles. The number of nitrogens with one attached hydrogen (secondary N) is 1. The summed E-state index contributed by atoms with van der Waals surface area (Å²) in [6.07, 6.45) is -2.49. The van der Waals surface area contributed by atoms with Gasteiger partial charge in [-0.15, -0.1) is 0 Å². The molecule has 1 amide bonds. The maximum atomic E-state index is 13.3. The smallest absolute Gasteiger partial charge is 0.341 e. The normalized spacial score (nSPS) is 15.2. The zero-order valence-electron chi connectivity index (χ0n) is 17.0. The van der Waals surface area contributed by atoms with Crippen molar-refractivity contribution in [2.75, 3.05) is 0 Å². The van der Waals surface area contributed by atoms with Crippen molar-refractivity contribution in [2.45, 2.75) is 37.9 Å². The molecule has 1 aliphatic rings. The zero-order chi connectivity index (χ0) is 23.1. The molecule has 4 rings (SSSR count). The molecule has 1 saturated carbocycles. The van der Waals surface area contributed by atoms with E-state index in [2.05, 4.69) is 10.4 Å². The van der Waals surface area contributed by atoms with E-state index in [1.807, 2.05) is 0 Å². The number of hydrogen-bond donors (Lipinski definition) is 1. The molecule has 0 unspecified atom stereocenters. The lowest BCUT2D eigenvalue weighted by Crippen LogP contribution is -2.52. The Hall–Kier alpha value is -3.49. The standard InChI is InChI=1S/C23H19F4N3O2/c1-14-12-19(31)20(29-30(14)18-5-2-4-16(13-18)23(25,26)27)21(32)28-22(10-3-11-22)15-6-8-17(24)9-7-15/h2,4-9,12-13H,3,10-11H2,1H3,(H,28,32). The number of aromatic nitrogens is 2. The summed E-state index contributed by atoms with van der Waals surface area (Å²) < 4.78 is 53.8. The van der Waals surface area contributed by atoms with Crippen molar-refractivity contribution in [1.29, 1.82) is 0 Å². The van der Waals surface area contributed by atoms with Crippen LogP contribution >= 0.6 is 0 Å². The molecule has 3 aromatic rings. The number of aryl methyl sites for hydroxylation is 1. The first-order valence-corrected chi connectivity index (χ1v) is 9.96. The second-order valence-electron chi connectivity index (χ2n) is 7.86. The molecule has 1 heterocycles. The monoisotopic (exact) mass is 445 g/mol. The third kappa shape index (κ3) is 4.02. The molecule has 1 aliphatic carbocycles. The van der Waals surface area contributed by atoms with Crippen LogP contribution in [-0.2, 0) is 11.7 Å². The number of halogens is 4. The third-order valence-electron chi connectivity index (χ3n) is 5.70. The van der Waals surface area contributed by atoms with Gasteiger partial charge in [0.15, 0.2) is 5.69 Å². The molecular weight excluding hydrogens is 426 g/mol. The average Bonchev–Trinajstić information content (AvgIpc) is 2.71. The highest BCUT2D eigenvalue weighted by atomic mass is 19.4. The Kier molecular flexibility index (Phi) is 5.36. The third-order valence-corrected chi connectivity index (χ3v) is 5.70. The summed E-state index contributed by atoms with van der Waals surface area (Å²) >= 11 is 0. The SMILES string of the molecule is Cc1cc(=O)c(C(=O)NC2(c3ccc(F)cc3)CCC2)nn1-c1cccc(C(F)(F)F)c1. The molecule has 0 saturated heterocycles. The van der Waals surface area contributed by atoms with Gasteiger partial charge in [0, 0.05) is 11.8 Å². The fraction of sp³-hybridized carbons (Fsp3) is 0.261. The van der Waals surface area contributed by atoms with Crippen molar-refractivity contribution >= 4 is 5.91 Å². The molecular formula is C23H19F4N3O2. The van der Waals surface area contributed by atoms with Crippen molar-refractivity contribution in [2.24, 2.45) is 0 Å². The van der Waals surface area contributed by atoms with Gasteiger partial charge in [0.25, 0.3) is 5.91 Å². The van der Waals surface area contributed by atoms with Crippen LogP contribution in [0.3, 0.4) is 0 Å². The molecule has 1 fully saturated rings. The summed E-state index contributed by atoms with van der Waals surface area (Å²) in [4.78, 5) is 25.5. The van der Waals surface area contributed by atoms with Gasteiger partial charge in [-0.05, 0) is 62.1 Å². The molecule has 32 heavy (non-hydrogen) atoms. The predicted octanol–water partition coefficient (Wildman–Crippen LogP) is 4.51. The van der Waals surface area contributed by atoms with Crippen molar-refractivity contribution < 1.29 is 22.4 Å². The lowest BCUT2D eigenvalue weighted by atomic mass is 9.71. The van der Waals surface area contributed by atoms with E-state index in [4.69, 9.17) is 0 Å². The van der Waals surface area contributed by atoms with E-state index in [0.29, 0.717) is 18.4 Å². The predicted molar refractivity (Wildman–Crippen MR) is 109 cm³/mol. The second-order valence-corrected chi connectivity index (χ2v) is 7.86. The van der Waals surface area contributed by atoms with Gasteiger partial charge in [0.1, 0.15) is 5.82 Å². The summed E-state index contributed by atoms with van der Waals surface area (Å²) in [6.45, 7) is 1.52. The Bertz CT molecular complexity index is 1230. The fourth-order valence-electron chi connectivity index (χ4n) is 3.84. The number of amides is 1. The molecule has 1 N–H and O–H groups in total. The number of carbonyl (C=O) groups excluding carboxylic acids is 1. The minimum absolute atomic E-state index is 0.0725. The van der Waals surface area contributed by atoms with Crippen LogP contribution in [0.25, 0.3) is 5.69 Å². The van der Waals surface area contributed by atoms with E-state index in [0.717, 1.165) is 29.3 Å². The van der Waals surface area contributed by atoms with Crippen LogP contribution in [0.1, 0.15) is 46.6 Å². The number of benzene rings is 2. The van der Waals surface area contributed by atoms with E-state index in [1.54, 1.807) is 12.1 Å². The summed E-state index contributed by atoms with van der Waals surface area (Å²) in [7, 11) is 0. The van der Waals surface area contributed by atoms with Crippen molar-refractivity contribution in [1.82, 2.24) is 15.1 Å². The molecule has 2 aromatic carbocycles. The Morgan fingerprint density at radius 3 is 2.38 bits per heavy atom. The molecule has 0 radical (unpaired) electrons. The molecule has 166 valence electrons. The molecule has 0 spiro atoms. The van der Waals surface area contributed by atoms with Gasteiger partial charge in [-0.1, -0.05) is 18.2 Å². The minimum atomic E-state index is -4.55. The highest BCUT2D eigenvalue weighted by Crippen LogP contribution is 2.41. The Labute approximate surface area is 180 Å². The largest absolute Gasteiger partial charge is 0.416 e. The number of carbonyl (C=O) groups is 1. The lowest BCUT2D eigenvalue weighted by Gasteiger charge is -2.43. The van der Waals surface area contributed by atoms with Gasteiger partial charge in [-0.2, -0.15) is 18.3 Å². The maximum absolute atomic E-state index is 13.3. The van der Waals surface area contributed by atoms with Crippen LogP contribution < -0.4 is 10.7 Å². The minimum Gasteiger partial charge on any atom is -0.341 e. The highest BCUT2D eigenvalue weighted by molar-refractivity contribution is 5.92. The number of rotatable bonds is 4. The van der Waals surface area contributed by atoms with Gasteiger partial charge in [-0.25, -0.2) is 9.07 Å². The van der Waals surface area contributed by atoms with E-state index >= 15 is 0 Å². The number of nitrogens with zero attached hydrogens (tertiary/aromatic N) is 2. The number of alkyl halides is 3. The van der Waals surface area contributed by atoms with Crippen molar-refractivity contribution in [3.05, 3.63) is 93.2 Å². The fourth-order valence-corrected chi connectivity index (χ4v) is 3.84. The van der Waals surface area contributed by atoms with Crippen LogP contribution in [0.15, 0.2) is 59.4 Å². The topological polar surface area (TPSA) is 64.0 Å². The molecule has 9 heteroatoms.